The van der Waals surface area contributed by atoms with E-state index in [1.807, 2.05) is 44.2 Å². The molecular weight excluding hydrogens is 466 g/mol. The van der Waals surface area contributed by atoms with Crippen LogP contribution in [-0.4, -0.2) is 70.7 Å². The fourth-order valence-electron chi connectivity index (χ4n) is 3.60. The first-order chi connectivity index (χ1) is 17.0. The Bertz CT molecular complexity index is 849. The van der Waals surface area contributed by atoms with Crippen LogP contribution in [0.3, 0.4) is 0 Å². The minimum Gasteiger partial charge on any atom is -0.480 e. The van der Waals surface area contributed by atoms with E-state index in [-0.39, 0.29) is 18.8 Å². The molecule has 0 fully saturated rings. The van der Waals surface area contributed by atoms with Gasteiger partial charge in [-0.1, -0.05) is 50.6 Å². The molecule has 5 atom stereocenters. The molecule has 0 radical (unpaired) electrons. The van der Waals surface area contributed by atoms with Crippen LogP contribution in [0.4, 0.5) is 0 Å². The number of nitrogens with two attached hydrogens (primary N) is 2. The van der Waals surface area contributed by atoms with E-state index >= 15 is 0 Å². The summed E-state index contributed by atoms with van der Waals surface area (Å²) >= 11 is 0. The molecule has 11 nitrogen and oxygen atoms in total. The smallest absolute Gasteiger partial charge is 0.328 e. The van der Waals surface area contributed by atoms with Crippen LogP contribution in [0.25, 0.3) is 0 Å². The quantitative estimate of drug-likeness (QED) is 0.147. The number of rotatable bonds is 16. The van der Waals surface area contributed by atoms with Crippen molar-refractivity contribution < 1.29 is 29.4 Å². The Kier molecular flexibility index (Phi) is 13.7. The summed E-state index contributed by atoms with van der Waals surface area (Å²) in [4.78, 5) is 50.3. The van der Waals surface area contributed by atoms with E-state index in [4.69, 9.17) is 11.5 Å². The van der Waals surface area contributed by atoms with E-state index in [2.05, 4.69) is 16.0 Å². The van der Waals surface area contributed by atoms with Gasteiger partial charge in [-0.25, -0.2) is 4.79 Å². The standard InChI is InChI=1S/C25H41N5O6/c1-15(2)13-19(24(34)30-21(16(3)31)25(35)36)29-23(33)20(14-17-9-5-4-6-10-17)28-22(32)18(27)11-7-8-12-26/h4-6,9-10,15-16,18-21,31H,7-8,11-14,26-27H2,1-3H3,(H,28,32)(H,29,33)(H,30,34)(H,35,36). The summed E-state index contributed by atoms with van der Waals surface area (Å²) in [5.41, 5.74) is 12.3. The third-order valence-corrected chi connectivity index (χ3v) is 5.61. The van der Waals surface area contributed by atoms with Gasteiger partial charge in [-0.05, 0) is 44.2 Å². The molecular formula is C25H41N5O6. The number of hydrogen-bond donors (Lipinski definition) is 7. The number of hydrogen-bond acceptors (Lipinski definition) is 7. The molecule has 0 bridgehead atoms. The Morgan fingerprint density at radius 2 is 1.47 bits per heavy atom. The average molecular weight is 508 g/mol. The SMILES string of the molecule is CC(C)CC(NC(=O)C(Cc1ccccc1)NC(=O)C(N)CCCCN)C(=O)NC(C(=O)O)C(C)O. The Labute approximate surface area is 212 Å². The lowest BCUT2D eigenvalue weighted by molar-refractivity contribution is -0.145. The third kappa shape index (κ3) is 11.1. The summed E-state index contributed by atoms with van der Waals surface area (Å²) in [6.45, 7) is 5.43. The number of benzene rings is 1. The minimum atomic E-state index is -1.53. The molecule has 0 aliphatic heterocycles. The second-order valence-corrected chi connectivity index (χ2v) is 9.40. The predicted molar refractivity (Wildman–Crippen MR) is 136 cm³/mol. The molecule has 11 heteroatoms. The van der Waals surface area contributed by atoms with E-state index in [1.165, 1.54) is 6.92 Å². The van der Waals surface area contributed by atoms with Gasteiger partial charge in [0.15, 0.2) is 6.04 Å². The summed E-state index contributed by atoms with van der Waals surface area (Å²) in [5, 5.41) is 26.6. The minimum absolute atomic E-state index is 0.0194. The lowest BCUT2D eigenvalue weighted by Gasteiger charge is -2.26. The van der Waals surface area contributed by atoms with Gasteiger partial charge in [0, 0.05) is 6.42 Å². The molecule has 202 valence electrons. The highest BCUT2D eigenvalue weighted by molar-refractivity contribution is 5.94. The van der Waals surface area contributed by atoms with Crippen molar-refractivity contribution in [1.82, 2.24) is 16.0 Å². The van der Waals surface area contributed by atoms with Crippen LogP contribution < -0.4 is 27.4 Å². The van der Waals surface area contributed by atoms with E-state index in [1.54, 1.807) is 0 Å². The number of unbranched alkanes of at least 4 members (excludes halogenated alkanes) is 1. The Morgan fingerprint density at radius 1 is 0.889 bits per heavy atom. The summed E-state index contributed by atoms with van der Waals surface area (Å²) in [6, 6.07) is 4.62. The normalized spacial score (nSPS) is 15.3. The number of aliphatic hydroxyl groups excluding tert-OH is 1. The van der Waals surface area contributed by atoms with Gasteiger partial charge in [0.05, 0.1) is 12.1 Å². The molecule has 0 heterocycles. The largest absolute Gasteiger partial charge is 0.480 e. The van der Waals surface area contributed by atoms with Crippen LogP contribution >= 0.6 is 0 Å². The van der Waals surface area contributed by atoms with Crippen LogP contribution in [-0.2, 0) is 25.6 Å². The van der Waals surface area contributed by atoms with Gasteiger partial charge in [0.2, 0.25) is 17.7 Å². The number of nitrogens with one attached hydrogen (secondary N) is 3. The van der Waals surface area contributed by atoms with Gasteiger partial charge < -0.3 is 37.6 Å². The molecule has 0 aliphatic rings. The fourth-order valence-corrected chi connectivity index (χ4v) is 3.60. The summed E-state index contributed by atoms with van der Waals surface area (Å²) in [6.07, 6.45) is 0.851. The number of carbonyl (C=O) groups is 4. The maximum absolute atomic E-state index is 13.3. The van der Waals surface area contributed by atoms with Crippen LogP contribution in [0.1, 0.15) is 52.0 Å². The van der Waals surface area contributed by atoms with E-state index < -0.39 is 54.0 Å². The molecule has 5 unspecified atom stereocenters. The second kappa shape index (κ2) is 15.9. The molecule has 1 aromatic rings. The lowest BCUT2D eigenvalue weighted by atomic mass is 10.00. The number of aliphatic hydroxyl groups is 1. The van der Waals surface area contributed by atoms with Crippen molar-refractivity contribution in [3.05, 3.63) is 35.9 Å². The molecule has 0 aliphatic carbocycles. The van der Waals surface area contributed by atoms with Crippen LogP contribution in [0.5, 0.6) is 0 Å². The highest BCUT2D eigenvalue weighted by atomic mass is 16.4. The summed E-state index contributed by atoms with van der Waals surface area (Å²) in [5.74, 6) is -3.26. The first-order valence-corrected chi connectivity index (χ1v) is 12.3. The zero-order chi connectivity index (χ0) is 27.3. The average Bonchev–Trinajstić information content (AvgIpc) is 2.81. The fraction of sp³-hybridized carbons (Fsp3) is 0.600. The Balaban J connectivity index is 3.06. The number of carboxylic acid groups (broad SMARTS) is 1. The van der Waals surface area contributed by atoms with Gasteiger partial charge in [0.1, 0.15) is 12.1 Å². The second-order valence-electron chi connectivity index (χ2n) is 9.40. The molecule has 0 saturated carbocycles. The van der Waals surface area contributed by atoms with Crippen molar-refractivity contribution in [2.75, 3.05) is 6.54 Å². The van der Waals surface area contributed by atoms with Crippen LogP contribution in [0.15, 0.2) is 30.3 Å². The zero-order valence-electron chi connectivity index (χ0n) is 21.3. The van der Waals surface area contributed by atoms with Gasteiger partial charge >= 0.3 is 5.97 Å². The summed E-state index contributed by atoms with van der Waals surface area (Å²) < 4.78 is 0. The first kappa shape index (κ1) is 31.0. The monoisotopic (exact) mass is 507 g/mol. The van der Waals surface area contributed by atoms with Crippen molar-refractivity contribution in [2.24, 2.45) is 17.4 Å². The number of amides is 3. The van der Waals surface area contributed by atoms with Gasteiger partial charge in [-0.15, -0.1) is 0 Å². The Morgan fingerprint density at radius 3 is 2.00 bits per heavy atom. The zero-order valence-corrected chi connectivity index (χ0v) is 21.3. The highest BCUT2D eigenvalue weighted by Crippen LogP contribution is 2.09. The molecule has 9 N–H and O–H groups in total. The van der Waals surface area contributed by atoms with Crippen LogP contribution in [0.2, 0.25) is 0 Å². The summed E-state index contributed by atoms with van der Waals surface area (Å²) in [7, 11) is 0. The number of carbonyl (C=O) groups excluding carboxylic acids is 3. The molecule has 0 spiro atoms. The first-order valence-electron chi connectivity index (χ1n) is 12.3. The molecule has 1 aromatic carbocycles. The maximum Gasteiger partial charge on any atom is 0.328 e. The molecule has 1 rings (SSSR count). The molecule has 3 amide bonds. The van der Waals surface area contributed by atoms with Crippen molar-refractivity contribution >= 4 is 23.7 Å². The van der Waals surface area contributed by atoms with E-state index in [0.29, 0.717) is 19.4 Å². The van der Waals surface area contributed by atoms with Crippen molar-refractivity contribution in [3.8, 4) is 0 Å². The third-order valence-electron chi connectivity index (χ3n) is 5.61. The van der Waals surface area contributed by atoms with Crippen molar-refractivity contribution in [1.29, 1.82) is 0 Å². The molecule has 0 aromatic heterocycles. The van der Waals surface area contributed by atoms with Crippen molar-refractivity contribution in [3.63, 3.8) is 0 Å². The van der Waals surface area contributed by atoms with Gasteiger partial charge in [-0.3, -0.25) is 14.4 Å². The number of carboxylic acids is 1. The number of aliphatic carboxylic acids is 1. The molecule has 36 heavy (non-hydrogen) atoms. The maximum atomic E-state index is 13.3. The van der Waals surface area contributed by atoms with E-state index in [0.717, 1.165) is 12.0 Å². The lowest BCUT2D eigenvalue weighted by Crippen LogP contribution is -2.58. The molecule has 0 saturated heterocycles. The highest BCUT2D eigenvalue weighted by Gasteiger charge is 2.32. The topological polar surface area (TPSA) is 197 Å². The van der Waals surface area contributed by atoms with Crippen LogP contribution in [0, 0.1) is 5.92 Å². The van der Waals surface area contributed by atoms with E-state index in [9.17, 15) is 29.4 Å². The van der Waals surface area contributed by atoms with Gasteiger partial charge in [-0.2, -0.15) is 0 Å². The Hall–Kier alpha value is -3.02. The predicted octanol–water partition coefficient (Wildman–Crippen LogP) is -0.349. The van der Waals surface area contributed by atoms with Gasteiger partial charge in [0.25, 0.3) is 0 Å². The van der Waals surface area contributed by atoms with Crippen molar-refractivity contribution in [2.45, 2.75) is 83.1 Å².